The van der Waals surface area contributed by atoms with E-state index in [1.54, 1.807) is 45.9 Å². The minimum atomic E-state index is -1.37. The van der Waals surface area contributed by atoms with Crippen molar-refractivity contribution < 1.29 is 33.7 Å². The average Bonchev–Trinajstić information content (AvgIpc) is 2.88. The summed E-state index contributed by atoms with van der Waals surface area (Å²) in [5.74, 6) is -1.09. The smallest absolute Gasteiger partial charge is 0.414 e. The summed E-state index contributed by atoms with van der Waals surface area (Å²) in [6.07, 6.45) is -0.660. The molecule has 0 spiro atoms. The van der Waals surface area contributed by atoms with Crippen LogP contribution in [0, 0.1) is 0 Å². The summed E-state index contributed by atoms with van der Waals surface area (Å²) in [6.45, 7) is 7.90. The van der Waals surface area contributed by atoms with Gasteiger partial charge in [0.2, 0.25) is 5.96 Å². The number of aliphatic imine (C=N–C) groups is 1. The largest absolute Gasteiger partial charge is 0.481 e. The second-order valence-electron chi connectivity index (χ2n) is 10.8. The van der Waals surface area contributed by atoms with Gasteiger partial charge in [-0.1, -0.05) is 54.1 Å². The molecular weight excluding hydrogens is 552 g/mol. The number of ether oxygens (including phenoxy) is 3. The second-order valence-corrected chi connectivity index (χ2v) is 11.2. The highest BCUT2D eigenvalue weighted by molar-refractivity contribution is 6.34. The van der Waals surface area contributed by atoms with Gasteiger partial charge in [0.1, 0.15) is 12.2 Å². The Balaban J connectivity index is 1.88. The number of rotatable bonds is 8. The lowest BCUT2D eigenvalue weighted by molar-refractivity contribution is -0.138. The fourth-order valence-electron chi connectivity index (χ4n) is 4.19. The van der Waals surface area contributed by atoms with Crippen LogP contribution < -0.4 is 16.0 Å². The summed E-state index contributed by atoms with van der Waals surface area (Å²) in [7, 11) is 0. The van der Waals surface area contributed by atoms with E-state index in [0.717, 1.165) is 5.56 Å². The van der Waals surface area contributed by atoms with E-state index >= 15 is 0 Å². The molecule has 0 aliphatic carbocycles. The highest BCUT2D eigenvalue weighted by Crippen LogP contribution is 2.36. The normalized spacial score (nSPS) is 15.8. The van der Waals surface area contributed by atoms with Gasteiger partial charge in [-0.05, 0) is 57.7 Å². The van der Waals surface area contributed by atoms with Crippen molar-refractivity contribution in [2.24, 2.45) is 4.99 Å². The fourth-order valence-corrected chi connectivity index (χ4v) is 4.57. The molecule has 1 heterocycles. The molecule has 2 aromatic rings. The lowest BCUT2D eigenvalue weighted by atomic mass is 9.88. The Hall–Kier alpha value is -3.83. The zero-order valence-corrected chi connectivity index (χ0v) is 24.4. The Bertz CT molecular complexity index is 1240. The van der Waals surface area contributed by atoms with Crippen LogP contribution in [0.5, 0.6) is 0 Å². The molecule has 222 valence electrons. The third-order valence-corrected chi connectivity index (χ3v) is 6.47. The molecule has 1 aliphatic heterocycles. The van der Waals surface area contributed by atoms with Crippen molar-refractivity contribution in [2.45, 2.75) is 70.7 Å². The molecule has 2 aromatic carbocycles. The lowest BCUT2D eigenvalue weighted by Gasteiger charge is -2.33. The average molecular weight is 589 g/mol. The van der Waals surface area contributed by atoms with Crippen molar-refractivity contribution in [1.29, 1.82) is 0 Å². The minimum absolute atomic E-state index is 0.0339. The van der Waals surface area contributed by atoms with Crippen LogP contribution in [0.4, 0.5) is 15.3 Å². The number of aliphatic carboxylic acids is 1. The van der Waals surface area contributed by atoms with Gasteiger partial charge >= 0.3 is 18.2 Å². The van der Waals surface area contributed by atoms with Crippen molar-refractivity contribution >= 4 is 41.4 Å². The molecule has 0 aromatic heterocycles. The number of carbonyl (C=O) groups is 3. The van der Waals surface area contributed by atoms with Crippen molar-refractivity contribution in [1.82, 2.24) is 10.6 Å². The summed E-state index contributed by atoms with van der Waals surface area (Å²) >= 11 is 6.73. The Morgan fingerprint density at radius 3 is 2.34 bits per heavy atom. The maximum absolute atomic E-state index is 12.7. The van der Waals surface area contributed by atoms with Crippen LogP contribution in [0.25, 0.3) is 0 Å². The quantitative estimate of drug-likeness (QED) is 0.236. The van der Waals surface area contributed by atoms with Crippen LogP contribution in [0.1, 0.15) is 58.1 Å². The molecule has 1 saturated heterocycles. The predicted octanol–water partition coefficient (Wildman–Crippen LogP) is 5.43. The van der Waals surface area contributed by atoms with Gasteiger partial charge in [0.25, 0.3) is 0 Å². The molecule has 0 bridgehead atoms. The van der Waals surface area contributed by atoms with E-state index in [1.165, 1.54) is 0 Å². The molecule has 41 heavy (non-hydrogen) atoms. The number of nitrogens with zero attached hydrogens (tertiary/aromatic N) is 1. The molecule has 2 amide bonds. The van der Waals surface area contributed by atoms with E-state index in [4.69, 9.17) is 25.8 Å². The van der Waals surface area contributed by atoms with Gasteiger partial charge in [-0.2, -0.15) is 0 Å². The monoisotopic (exact) mass is 588 g/mol. The van der Waals surface area contributed by atoms with Crippen LogP contribution in [0.3, 0.4) is 0 Å². The number of carboxylic acids is 1. The Morgan fingerprint density at radius 2 is 1.71 bits per heavy atom. The number of amides is 2. The molecule has 1 atom stereocenters. The van der Waals surface area contributed by atoms with Crippen molar-refractivity contribution in [3.05, 3.63) is 64.7 Å². The minimum Gasteiger partial charge on any atom is -0.481 e. The number of anilines is 1. The Morgan fingerprint density at radius 1 is 1.02 bits per heavy atom. The highest BCUT2D eigenvalue weighted by Gasteiger charge is 2.35. The number of benzene rings is 2. The predicted molar refractivity (Wildman–Crippen MR) is 155 cm³/mol. The van der Waals surface area contributed by atoms with Gasteiger partial charge in [-0.25, -0.2) is 14.6 Å². The van der Waals surface area contributed by atoms with E-state index < -0.39 is 35.7 Å². The standard InChI is InChI=1S/C29H37ClN4O7/c1-28(2,3)41-27(38)33-25(31-20-13-15-39-16-14-20)34-29(4,17-23(35)36)21-11-8-12-22(24(21)30)32-26(37)40-18-19-9-6-5-7-10-19/h5-12,20H,13-18H2,1-4H3,(H,32,37)(H,35,36)(H2,31,33,34,38). The Labute approximate surface area is 244 Å². The summed E-state index contributed by atoms with van der Waals surface area (Å²) in [5.41, 5.74) is -0.740. The maximum atomic E-state index is 12.7. The number of hydrogen-bond donors (Lipinski definition) is 4. The fraction of sp³-hybridized carbons (Fsp3) is 0.448. The van der Waals surface area contributed by atoms with E-state index in [-0.39, 0.29) is 29.3 Å². The topological polar surface area (TPSA) is 148 Å². The number of carboxylic acid groups (broad SMARTS) is 1. The zero-order chi connectivity index (χ0) is 30.0. The van der Waals surface area contributed by atoms with Crippen LogP contribution in [-0.4, -0.2) is 54.1 Å². The highest BCUT2D eigenvalue weighted by atomic mass is 35.5. The first-order valence-electron chi connectivity index (χ1n) is 13.3. The SMILES string of the molecule is CC(C)(C)OC(=O)NC(=NC1CCOCC1)NC(C)(CC(=O)O)c1cccc(NC(=O)OCc2ccccc2)c1Cl. The van der Waals surface area contributed by atoms with E-state index in [1.807, 2.05) is 30.3 Å². The van der Waals surface area contributed by atoms with Crippen molar-refractivity contribution in [2.75, 3.05) is 18.5 Å². The summed E-state index contributed by atoms with van der Waals surface area (Å²) in [6, 6.07) is 13.9. The third-order valence-electron chi connectivity index (χ3n) is 6.06. The number of nitrogens with one attached hydrogen (secondary N) is 3. The molecule has 0 saturated carbocycles. The Kier molecular flexibility index (Phi) is 11.0. The van der Waals surface area contributed by atoms with Gasteiger partial charge in [-0.3, -0.25) is 15.4 Å². The van der Waals surface area contributed by atoms with Crippen molar-refractivity contribution in [3.8, 4) is 0 Å². The van der Waals surface area contributed by atoms with E-state index in [0.29, 0.717) is 31.6 Å². The van der Waals surface area contributed by atoms with Gasteiger partial charge in [0, 0.05) is 13.2 Å². The zero-order valence-electron chi connectivity index (χ0n) is 23.7. The number of halogens is 1. The lowest BCUT2D eigenvalue weighted by Crippen LogP contribution is -2.53. The summed E-state index contributed by atoms with van der Waals surface area (Å²) in [5, 5.41) is 18.3. The van der Waals surface area contributed by atoms with Gasteiger partial charge in [0.15, 0.2) is 0 Å². The molecule has 4 N–H and O–H groups in total. The molecule has 1 fully saturated rings. The molecular formula is C29H37ClN4O7. The number of hydrogen-bond acceptors (Lipinski definition) is 7. The molecule has 12 heteroatoms. The van der Waals surface area contributed by atoms with Crippen LogP contribution in [0.15, 0.2) is 53.5 Å². The van der Waals surface area contributed by atoms with Crippen LogP contribution >= 0.6 is 11.6 Å². The first-order chi connectivity index (χ1) is 19.3. The number of carbonyl (C=O) groups excluding carboxylic acids is 2. The van der Waals surface area contributed by atoms with Gasteiger partial charge in [0.05, 0.1) is 28.7 Å². The van der Waals surface area contributed by atoms with Crippen LogP contribution in [0.2, 0.25) is 5.02 Å². The van der Waals surface area contributed by atoms with E-state index in [2.05, 4.69) is 20.9 Å². The molecule has 3 rings (SSSR count). The first kappa shape index (κ1) is 31.7. The maximum Gasteiger partial charge on any atom is 0.414 e. The summed E-state index contributed by atoms with van der Waals surface area (Å²) < 4.78 is 16.1. The van der Waals surface area contributed by atoms with Gasteiger partial charge in [-0.15, -0.1) is 0 Å². The van der Waals surface area contributed by atoms with Gasteiger partial charge < -0.3 is 24.6 Å². The number of alkyl carbamates (subject to hydrolysis) is 1. The summed E-state index contributed by atoms with van der Waals surface area (Å²) in [4.78, 5) is 41.9. The number of guanidine groups is 1. The van der Waals surface area contributed by atoms with Crippen LogP contribution in [-0.2, 0) is 31.2 Å². The first-order valence-corrected chi connectivity index (χ1v) is 13.6. The van der Waals surface area contributed by atoms with E-state index in [9.17, 15) is 19.5 Å². The second kappa shape index (κ2) is 14.2. The molecule has 0 radical (unpaired) electrons. The molecule has 1 unspecified atom stereocenters. The van der Waals surface area contributed by atoms with Crippen molar-refractivity contribution in [3.63, 3.8) is 0 Å². The third kappa shape index (κ3) is 10.3. The molecule has 11 nitrogen and oxygen atoms in total. The molecule has 1 aliphatic rings.